The van der Waals surface area contributed by atoms with Crippen LogP contribution in [-0.2, 0) is 9.59 Å². The molecule has 19 heavy (non-hydrogen) atoms. The van der Waals surface area contributed by atoms with Crippen LogP contribution >= 0.6 is 12.4 Å². The van der Waals surface area contributed by atoms with Crippen molar-refractivity contribution in [3.8, 4) is 0 Å². The predicted molar refractivity (Wildman–Crippen MR) is 78.4 cm³/mol. The molecule has 1 unspecified atom stereocenters. The fourth-order valence-corrected chi connectivity index (χ4v) is 2.18. The summed E-state index contributed by atoms with van der Waals surface area (Å²) in [5.74, 6) is 0.168. The lowest BCUT2D eigenvalue weighted by Crippen LogP contribution is -2.44. The number of likely N-dealkylation sites (tertiary alicyclic amines) is 1. The van der Waals surface area contributed by atoms with Gasteiger partial charge in [-0.3, -0.25) is 9.59 Å². The van der Waals surface area contributed by atoms with E-state index in [1.165, 1.54) is 0 Å². The minimum atomic E-state index is -0.164. The van der Waals surface area contributed by atoms with Gasteiger partial charge in [-0.2, -0.15) is 0 Å². The van der Waals surface area contributed by atoms with Crippen molar-refractivity contribution in [2.75, 3.05) is 20.1 Å². The molecule has 2 N–H and O–H groups in total. The molecule has 1 rings (SSSR count). The highest BCUT2D eigenvalue weighted by molar-refractivity contribution is 5.85. The Hall–Kier alpha value is -0.810. The van der Waals surface area contributed by atoms with Crippen LogP contribution in [-0.4, -0.2) is 48.4 Å². The van der Waals surface area contributed by atoms with Gasteiger partial charge in [-0.25, -0.2) is 0 Å². The van der Waals surface area contributed by atoms with E-state index in [0.29, 0.717) is 19.4 Å². The van der Waals surface area contributed by atoms with Crippen molar-refractivity contribution in [2.45, 2.75) is 51.6 Å². The van der Waals surface area contributed by atoms with Crippen LogP contribution in [0.15, 0.2) is 0 Å². The lowest BCUT2D eigenvalue weighted by molar-refractivity contribution is -0.131. The van der Waals surface area contributed by atoms with Crippen LogP contribution in [0.5, 0.6) is 0 Å². The summed E-state index contributed by atoms with van der Waals surface area (Å²) in [5.41, 5.74) is -0.164. The molecule has 1 fully saturated rings. The molecule has 0 radical (unpaired) electrons. The number of rotatable bonds is 5. The van der Waals surface area contributed by atoms with Crippen LogP contribution in [0.2, 0.25) is 0 Å². The minimum Gasteiger partial charge on any atom is -0.351 e. The van der Waals surface area contributed by atoms with Gasteiger partial charge in [-0.15, -0.1) is 12.4 Å². The van der Waals surface area contributed by atoms with Crippen LogP contribution in [0.3, 0.4) is 0 Å². The lowest BCUT2D eigenvalue weighted by Gasteiger charge is -2.32. The largest absolute Gasteiger partial charge is 0.351 e. The van der Waals surface area contributed by atoms with Crippen molar-refractivity contribution < 1.29 is 9.59 Å². The van der Waals surface area contributed by atoms with Gasteiger partial charge in [0, 0.05) is 24.9 Å². The van der Waals surface area contributed by atoms with Crippen molar-refractivity contribution in [3.63, 3.8) is 0 Å². The molecule has 2 amide bonds. The van der Waals surface area contributed by atoms with E-state index >= 15 is 0 Å². The summed E-state index contributed by atoms with van der Waals surface area (Å²) in [5, 5.41) is 5.95. The molecule has 1 atom stereocenters. The fraction of sp³-hybridized carbons (Fsp3) is 0.846. The highest BCUT2D eigenvalue weighted by atomic mass is 35.5. The molecule has 0 aromatic carbocycles. The summed E-state index contributed by atoms with van der Waals surface area (Å²) in [6, 6.07) is -0.0289. The van der Waals surface area contributed by atoms with E-state index in [1.807, 2.05) is 32.7 Å². The molecular weight excluding hydrogens is 266 g/mol. The molecule has 0 saturated carbocycles. The highest BCUT2D eigenvalue weighted by Crippen LogP contribution is 2.21. The predicted octanol–water partition coefficient (Wildman–Crippen LogP) is 0.923. The van der Waals surface area contributed by atoms with Crippen LogP contribution in [0, 0.1) is 0 Å². The van der Waals surface area contributed by atoms with E-state index in [2.05, 4.69) is 10.6 Å². The van der Waals surface area contributed by atoms with Crippen LogP contribution in [0.4, 0.5) is 0 Å². The molecule has 1 aliphatic rings. The third-order valence-electron chi connectivity index (χ3n) is 3.13. The van der Waals surface area contributed by atoms with E-state index in [-0.39, 0.29) is 35.8 Å². The molecule has 0 bridgehead atoms. The fourth-order valence-electron chi connectivity index (χ4n) is 2.18. The van der Waals surface area contributed by atoms with Gasteiger partial charge >= 0.3 is 0 Å². The van der Waals surface area contributed by atoms with E-state index in [1.54, 1.807) is 0 Å². The number of nitrogens with zero attached hydrogens (tertiary/aromatic N) is 1. The third-order valence-corrected chi connectivity index (χ3v) is 3.13. The first-order valence-corrected chi connectivity index (χ1v) is 6.59. The second kappa shape index (κ2) is 7.70. The molecule has 0 spiro atoms. The molecule has 1 aliphatic heterocycles. The molecule has 0 aromatic heterocycles. The maximum Gasteiger partial charge on any atom is 0.225 e. The Kier molecular flexibility index (Phi) is 7.37. The van der Waals surface area contributed by atoms with E-state index in [0.717, 1.165) is 13.0 Å². The first kappa shape index (κ1) is 18.2. The van der Waals surface area contributed by atoms with Crippen molar-refractivity contribution in [3.05, 3.63) is 0 Å². The highest BCUT2D eigenvalue weighted by Gasteiger charge is 2.36. The first-order valence-electron chi connectivity index (χ1n) is 6.59. The van der Waals surface area contributed by atoms with E-state index < -0.39 is 0 Å². The maximum absolute atomic E-state index is 11.8. The van der Waals surface area contributed by atoms with Crippen molar-refractivity contribution in [1.82, 2.24) is 15.5 Å². The second-order valence-electron chi connectivity index (χ2n) is 5.85. The van der Waals surface area contributed by atoms with Gasteiger partial charge in [-0.05, 0) is 40.8 Å². The first-order chi connectivity index (χ1) is 8.34. The average molecular weight is 292 g/mol. The van der Waals surface area contributed by atoms with Crippen molar-refractivity contribution in [2.24, 2.45) is 0 Å². The number of carbonyl (C=O) groups excluding carboxylic acids is 2. The molecule has 5 nitrogen and oxygen atoms in total. The zero-order valence-corrected chi connectivity index (χ0v) is 13.1. The summed E-state index contributed by atoms with van der Waals surface area (Å²) in [7, 11) is 1.87. The van der Waals surface area contributed by atoms with Gasteiger partial charge in [0.2, 0.25) is 11.8 Å². The summed E-state index contributed by atoms with van der Waals surface area (Å²) in [6.45, 7) is 7.51. The Morgan fingerprint density at radius 3 is 2.53 bits per heavy atom. The van der Waals surface area contributed by atoms with Gasteiger partial charge in [0.15, 0.2) is 0 Å². The monoisotopic (exact) mass is 291 g/mol. The third kappa shape index (κ3) is 5.78. The van der Waals surface area contributed by atoms with Gasteiger partial charge < -0.3 is 15.5 Å². The zero-order chi connectivity index (χ0) is 13.8. The molecule has 6 heteroatoms. The van der Waals surface area contributed by atoms with Gasteiger partial charge in [0.05, 0.1) is 6.04 Å². The van der Waals surface area contributed by atoms with Gasteiger partial charge in [0.1, 0.15) is 0 Å². The van der Waals surface area contributed by atoms with Gasteiger partial charge in [-0.1, -0.05) is 0 Å². The molecule has 1 saturated heterocycles. The molecule has 1 heterocycles. The maximum atomic E-state index is 11.8. The van der Waals surface area contributed by atoms with Crippen LogP contribution in [0.25, 0.3) is 0 Å². The smallest absolute Gasteiger partial charge is 0.225 e. The second-order valence-corrected chi connectivity index (χ2v) is 5.85. The van der Waals surface area contributed by atoms with Crippen LogP contribution in [0.1, 0.15) is 40.0 Å². The SMILES string of the molecule is CNCCCC(=O)NC1CC(=O)N(C(C)(C)C)C1.Cl. The minimum absolute atomic E-state index is 0. The molecule has 0 aliphatic carbocycles. The number of hydrogen-bond donors (Lipinski definition) is 2. The summed E-state index contributed by atoms with van der Waals surface area (Å²) in [6.07, 6.45) is 1.77. The van der Waals surface area contributed by atoms with Crippen molar-refractivity contribution >= 4 is 24.2 Å². The standard InChI is InChI=1S/C13H25N3O2.ClH/c1-13(2,3)16-9-10(8-12(16)18)15-11(17)6-5-7-14-4;/h10,14H,5-9H2,1-4H3,(H,15,17);1H. The zero-order valence-electron chi connectivity index (χ0n) is 12.3. The number of hydrogen-bond acceptors (Lipinski definition) is 3. The molecule has 112 valence electrons. The quantitative estimate of drug-likeness (QED) is 0.741. The van der Waals surface area contributed by atoms with Gasteiger partial charge in [0.25, 0.3) is 0 Å². The number of carbonyl (C=O) groups is 2. The van der Waals surface area contributed by atoms with E-state index in [4.69, 9.17) is 0 Å². The normalized spacial score (nSPS) is 19.3. The topological polar surface area (TPSA) is 61.4 Å². The Labute approximate surface area is 121 Å². The number of halogens is 1. The average Bonchev–Trinajstić information content (AvgIpc) is 2.59. The summed E-state index contributed by atoms with van der Waals surface area (Å²) < 4.78 is 0. The number of nitrogens with one attached hydrogen (secondary N) is 2. The lowest BCUT2D eigenvalue weighted by atomic mass is 10.1. The van der Waals surface area contributed by atoms with E-state index in [9.17, 15) is 9.59 Å². The van der Waals surface area contributed by atoms with Crippen LogP contribution < -0.4 is 10.6 Å². The Balaban J connectivity index is 0.00000324. The molecular formula is C13H26ClN3O2. The summed E-state index contributed by atoms with van der Waals surface area (Å²) in [4.78, 5) is 25.3. The van der Waals surface area contributed by atoms with Crippen molar-refractivity contribution in [1.29, 1.82) is 0 Å². The Morgan fingerprint density at radius 1 is 1.42 bits per heavy atom. The Morgan fingerprint density at radius 2 is 2.05 bits per heavy atom. The molecule has 0 aromatic rings. The summed E-state index contributed by atoms with van der Waals surface area (Å²) >= 11 is 0. The number of amides is 2. The Bertz CT molecular complexity index is 316.